The van der Waals surface area contributed by atoms with Gasteiger partial charge in [0.2, 0.25) is 5.88 Å². The van der Waals surface area contributed by atoms with Crippen LogP contribution in [0.1, 0.15) is 30.8 Å². The summed E-state index contributed by atoms with van der Waals surface area (Å²) in [5.74, 6) is -1.34. The average molecular weight is 446 g/mol. The van der Waals surface area contributed by atoms with E-state index in [0.29, 0.717) is 19.3 Å². The summed E-state index contributed by atoms with van der Waals surface area (Å²) in [5, 5.41) is 0. The number of hydrogen-bond acceptors (Lipinski definition) is 7. The highest BCUT2D eigenvalue weighted by molar-refractivity contribution is 6.13. The van der Waals surface area contributed by atoms with Crippen molar-refractivity contribution in [2.24, 2.45) is 0 Å². The number of ketones is 1. The third kappa shape index (κ3) is 6.76. The molecule has 31 heavy (non-hydrogen) atoms. The molecule has 0 amide bonds. The standard InChI is InChI=1S/C18H12F6N4O3/c19-17(20,21)30-14-5-7-25-13(28-14)9-11-3-1-2-10(15(11)29)8-12-4-6-26-16(27-12)31-18(22,23)24/h4-9H,1-3H2/b10-8+,11-9+. The van der Waals surface area contributed by atoms with E-state index in [9.17, 15) is 31.1 Å². The quantitative estimate of drug-likeness (QED) is 0.512. The number of Topliss-reactive ketones (excluding diaryl/α,β-unsaturated/α-hetero) is 1. The van der Waals surface area contributed by atoms with E-state index in [1.807, 2.05) is 0 Å². The molecule has 0 spiro atoms. The minimum absolute atomic E-state index is 0.0238. The van der Waals surface area contributed by atoms with Gasteiger partial charge < -0.3 is 9.47 Å². The molecule has 13 heteroatoms. The van der Waals surface area contributed by atoms with E-state index in [4.69, 9.17) is 0 Å². The lowest BCUT2D eigenvalue weighted by Gasteiger charge is -2.16. The molecule has 1 aliphatic carbocycles. The summed E-state index contributed by atoms with van der Waals surface area (Å²) >= 11 is 0. The maximum absolute atomic E-state index is 12.7. The summed E-state index contributed by atoms with van der Waals surface area (Å²) in [7, 11) is 0. The van der Waals surface area contributed by atoms with Crippen LogP contribution in [0.15, 0.2) is 35.7 Å². The minimum atomic E-state index is -4.97. The van der Waals surface area contributed by atoms with Gasteiger partial charge in [-0.25, -0.2) is 9.97 Å². The highest BCUT2D eigenvalue weighted by atomic mass is 19.4. The van der Waals surface area contributed by atoms with Crippen LogP contribution in [-0.2, 0) is 4.79 Å². The number of carbonyl (C=O) groups is 1. The van der Waals surface area contributed by atoms with Crippen LogP contribution in [0.3, 0.4) is 0 Å². The molecular formula is C18H12F6N4O3. The molecule has 0 saturated heterocycles. The Bertz CT molecular complexity index is 954. The normalized spacial score (nSPS) is 17.8. The summed E-state index contributed by atoms with van der Waals surface area (Å²) in [5.41, 5.74) is 0.495. The first-order valence-corrected chi connectivity index (χ1v) is 8.62. The van der Waals surface area contributed by atoms with Crippen molar-refractivity contribution in [1.82, 2.24) is 19.9 Å². The molecule has 2 aromatic heterocycles. The third-order valence-electron chi connectivity index (χ3n) is 3.83. The summed E-state index contributed by atoms with van der Waals surface area (Å²) in [6.07, 6.45) is -4.11. The monoisotopic (exact) mass is 446 g/mol. The molecule has 1 aliphatic rings. The second kappa shape index (κ2) is 8.70. The zero-order valence-electron chi connectivity index (χ0n) is 15.4. The molecule has 164 valence electrons. The van der Waals surface area contributed by atoms with E-state index in [2.05, 4.69) is 29.4 Å². The molecule has 7 nitrogen and oxygen atoms in total. The largest absolute Gasteiger partial charge is 0.575 e. The van der Waals surface area contributed by atoms with Gasteiger partial charge in [0.05, 0.1) is 5.69 Å². The first-order valence-electron chi connectivity index (χ1n) is 8.62. The molecule has 0 atom stereocenters. The van der Waals surface area contributed by atoms with Gasteiger partial charge in [0.1, 0.15) is 0 Å². The highest BCUT2D eigenvalue weighted by Crippen LogP contribution is 2.28. The lowest BCUT2D eigenvalue weighted by molar-refractivity contribution is -0.278. The predicted molar refractivity (Wildman–Crippen MR) is 92.2 cm³/mol. The van der Waals surface area contributed by atoms with Crippen molar-refractivity contribution in [3.63, 3.8) is 0 Å². The maximum Gasteiger partial charge on any atom is 0.575 e. The number of nitrogens with zero attached hydrogens (tertiary/aromatic N) is 4. The first-order chi connectivity index (χ1) is 14.5. The number of carbonyl (C=O) groups excluding carboxylic acids is 1. The number of allylic oxidation sites excluding steroid dienone is 2. The van der Waals surface area contributed by atoms with Crippen molar-refractivity contribution in [2.45, 2.75) is 32.0 Å². The molecule has 2 aromatic rings. The van der Waals surface area contributed by atoms with Gasteiger partial charge >= 0.3 is 18.7 Å². The number of hydrogen-bond donors (Lipinski definition) is 0. The summed E-state index contributed by atoms with van der Waals surface area (Å²) in [6.45, 7) is 0. The zero-order chi connectivity index (χ0) is 22.6. The van der Waals surface area contributed by atoms with Gasteiger partial charge in [-0.3, -0.25) is 4.79 Å². The smallest absolute Gasteiger partial charge is 0.388 e. The molecule has 1 saturated carbocycles. The number of halogens is 6. The van der Waals surface area contributed by atoms with Gasteiger partial charge in [-0.2, -0.15) is 9.97 Å². The zero-order valence-corrected chi connectivity index (χ0v) is 15.4. The molecular weight excluding hydrogens is 434 g/mol. The fourth-order valence-electron chi connectivity index (χ4n) is 2.70. The average Bonchev–Trinajstić information content (AvgIpc) is 2.63. The van der Waals surface area contributed by atoms with E-state index in [1.165, 1.54) is 18.2 Å². The summed E-state index contributed by atoms with van der Waals surface area (Å²) in [6, 6.07) is 1.29. The highest BCUT2D eigenvalue weighted by Gasteiger charge is 2.33. The summed E-state index contributed by atoms with van der Waals surface area (Å²) in [4.78, 5) is 27.0. The second-order valence-corrected chi connectivity index (χ2v) is 6.13. The molecule has 3 rings (SSSR count). The van der Waals surface area contributed by atoms with E-state index >= 15 is 0 Å². The van der Waals surface area contributed by atoms with Crippen LogP contribution in [0.25, 0.3) is 12.2 Å². The van der Waals surface area contributed by atoms with Gasteiger partial charge in [0.25, 0.3) is 0 Å². The Morgan fingerprint density at radius 1 is 0.839 bits per heavy atom. The van der Waals surface area contributed by atoms with Gasteiger partial charge in [-0.05, 0) is 37.5 Å². The number of ether oxygens (including phenoxy) is 2. The van der Waals surface area contributed by atoms with Crippen LogP contribution in [0.4, 0.5) is 26.3 Å². The van der Waals surface area contributed by atoms with Gasteiger partial charge in [-0.1, -0.05) is 0 Å². The fraction of sp³-hybridized carbons (Fsp3) is 0.278. The third-order valence-corrected chi connectivity index (χ3v) is 3.83. The maximum atomic E-state index is 12.7. The van der Waals surface area contributed by atoms with Gasteiger partial charge in [0, 0.05) is 29.6 Å². The van der Waals surface area contributed by atoms with E-state index in [-0.39, 0.29) is 22.7 Å². The van der Waals surface area contributed by atoms with Crippen LogP contribution in [0.5, 0.6) is 11.9 Å². The molecule has 0 aromatic carbocycles. The molecule has 0 bridgehead atoms. The Labute approximate surface area is 170 Å². The second-order valence-electron chi connectivity index (χ2n) is 6.13. The fourth-order valence-corrected chi connectivity index (χ4v) is 2.70. The van der Waals surface area contributed by atoms with Crippen LogP contribution < -0.4 is 9.47 Å². The van der Waals surface area contributed by atoms with E-state index in [0.717, 1.165) is 18.5 Å². The summed E-state index contributed by atoms with van der Waals surface area (Å²) < 4.78 is 81.3. The van der Waals surface area contributed by atoms with Crippen LogP contribution >= 0.6 is 0 Å². The molecule has 0 unspecified atom stereocenters. The number of alkyl halides is 6. The Hall–Kier alpha value is -3.51. The van der Waals surface area contributed by atoms with Crippen molar-refractivity contribution in [3.05, 3.63) is 47.2 Å². The molecule has 1 fully saturated rings. The van der Waals surface area contributed by atoms with Crippen LogP contribution in [-0.4, -0.2) is 38.4 Å². The molecule has 0 N–H and O–H groups in total. The van der Waals surface area contributed by atoms with Crippen LogP contribution in [0.2, 0.25) is 0 Å². The molecule has 0 radical (unpaired) electrons. The Morgan fingerprint density at radius 2 is 1.48 bits per heavy atom. The lowest BCUT2D eigenvalue weighted by Crippen LogP contribution is -2.19. The SMILES string of the molecule is O=C1/C(=C/c2ccnc(OC(F)(F)F)n2)CCC/C1=C\c1nccc(OC(F)(F)F)n1. The lowest BCUT2D eigenvalue weighted by atomic mass is 9.88. The predicted octanol–water partition coefficient (Wildman–Crippen LogP) is 4.28. The molecule has 2 heterocycles. The minimum Gasteiger partial charge on any atom is -0.388 e. The van der Waals surface area contributed by atoms with Crippen molar-refractivity contribution in [2.75, 3.05) is 0 Å². The van der Waals surface area contributed by atoms with Crippen molar-refractivity contribution < 1.29 is 40.6 Å². The number of aromatic nitrogens is 4. The Balaban J connectivity index is 1.82. The Morgan fingerprint density at radius 3 is 2.16 bits per heavy atom. The topological polar surface area (TPSA) is 87.1 Å². The van der Waals surface area contributed by atoms with Crippen molar-refractivity contribution in [3.8, 4) is 11.9 Å². The number of rotatable bonds is 4. The van der Waals surface area contributed by atoms with E-state index < -0.39 is 30.4 Å². The molecule has 0 aliphatic heterocycles. The van der Waals surface area contributed by atoms with Crippen molar-refractivity contribution >= 4 is 17.9 Å². The van der Waals surface area contributed by atoms with E-state index in [1.54, 1.807) is 0 Å². The Kier molecular flexibility index (Phi) is 6.22. The van der Waals surface area contributed by atoms with Gasteiger partial charge in [0.15, 0.2) is 11.6 Å². The van der Waals surface area contributed by atoms with Gasteiger partial charge in [-0.15, -0.1) is 26.3 Å². The first kappa shape index (κ1) is 22.2. The van der Waals surface area contributed by atoms with Crippen LogP contribution in [0, 0.1) is 0 Å². The van der Waals surface area contributed by atoms with Crippen molar-refractivity contribution in [1.29, 1.82) is 0 Å².